The zero-order valence-electron chi connectivity index (χ0n) is 12.5. The molecule has 0 aliphatic rings. The molecule has 0 atom stereocenters. The predicted molar refractivity (Wildman–Crippen MR) is 86.8 cm³/mol. The van der Waals surface area contributed by atoms with Crippen LogP contribution in [-0.2, 0) is 11.8 Å². The van der Waals surface area contributed by atoms with Crippen LogP contribution >= 0.6 is 11.3 Å². The van der Waals surface area contributed by atoms with Crippen molar-refractivity contribution in [3.63, 3.8) is 0 Å². The van der Waals surface area contributed by atoms with Gasteiger partial charge in [-0.15, -0.1) is 0 Å². The number of rotatable bonds is 5. The molecule has 0 radical (unpaired) electrons. The number of aromatic nitrogens is 2. The Bertz CT molecular complexity index is 543. The molecule has 2 heterocycles. The van der Waals surface area contributed by atoms with Crippen molar-refractivity contribution in [3.8, 4) is 0 Å². The van der Waals surface area contributed by atoms with Gasteiger partial charge in [-0.3, -0.25) is 0 Å². The van der Waals surface area contributed by atoms with Gasteiger partial charge in [-0.2, -0.15) is 11.3 Å². The number of nitrogens with one attached hydrogen (secondary N) is 2. The standard InChI is InChI=1S/C15H22N4S/c1-15(2,3)14-18-12(16-4)9-13(19-14)17-7-5-11-6-8-20-10-11/h6,8-10H,5,7H2,1-4H3,(H2,16,17,18,19). The molecule has 0 aliphatic heterocycles. The predicted octanol–water partition coefficient (Wildman–Crippen LogP) is 3.53. The van der Waals surface area contributed by atoms with Crippen LogP contribution in [0.4, 0.5) is 11.6 Å². The van der Waals surface area contributed by atoms with Gasteiger partial charge >= 0.3 is 0 Å². The molecular weight excluding hydrogens is 268 g/mol. The molecule has 0 amide bonds. The highest BCUT2D eigenvalue weighted by molar-refractivity contribution is 7.07. The fourth-order valence-electron chi connectivity index (χ4n) is 1.77. The summed E-state index contributed by atoms with van der Waals surface area (Å²) in [7, 11) is 1.88. The van der Waals surface area contributed by atoms with Gasteiger partial charge < -0.3 is 10.6 Å². The van der Waals surface area contributed by atoms with Gasteiger partial charge in [-0.05, 0) is 28.8 Å². The van der Waals surface area contributed by atoms with Crippen LogP contribution in [0.25, 0.3) is 0 Å². The average Bonchev–Trinajstić information content (AvgIpc) is 2.90. The topological polar surface area (TPSA) is 49.8 Å². The Morgan fingerprint density at radius 2 is 1.95 bits per heavy atom. The van der Waals surface area contributed by atoms with Crippen LogP contribution in [0.15, 0.2) is 22.9 Å². The first kappa shape index (κ1) is 14.8. The van der Waals surface area contributed by atoms with Crippen molar-refractivity contribution >= 4 is 23.0 Å². The molecule has 0 unspecified atom stereocenters. The van der Waals surface area contributed by atoms with E-state index >= 15 is 0 Å². The van der Waals surface area contributed by atoms with Crippen molar-refractivity contribution in [2.45, 2.75) is 32.6 Å². The molecular formula is C15H22N4S. The molecule has 5 heteroatoms. The molecule has 2 rings (SSSR count). The van der Waals surface area contributed by atoms with Crippen molar-refractivity contribution < 1.29 is 0 Å². The van der Waals surface area contributed by atoms with Gasteiger partial charge in [0.2, 0.25) is 0 Å². The zero-order valence-corrected chi connectivity index (χ0v) is 13.3. The summed E-state index contributed by atoms with van der Waals surface area (Å²) < 4.78 is 0. The van der Waals surface area contributed by atoms with E-state index in [9.17, 15) is 0 Å². The van der Waals surface area contributed by atoms with Gasteiger partial charge in [0.15, 0.2) is 0 Å². The first-order valence-electron chi connectivity index (χ1n) is 6.81. The smallest absolute Gasteiger partial charge is 0.138 e. The zero-order chi connectivity index (χ0) is 14.6. The van der Waals surface area contributed by atoms with E-state index in [-0.39, 0.29) is 5.41 Å². The van der Waals surface area contributed by atoms with Crippen molar-refractivity contribution in [1.29, 1.82) is 0 Å². The molecule has 0 aliphatic carbocycles. The molecule has 0 fully saturated rings. The quantitative estimate of drug-likeness (QED) is 0.884. The highest BCUT2D eigenvalue weighted by Gasteiger charge is 2.18. The van der Waals surface area contributed by atoms with Crippen LogP contribution in [0.2, 0.25) is 0 Å². The minimum Gasteiger partial charge on any atom is -0.373 e. The number of nitrogens with zero attached hydrogens (tertiary/aromatic N) is 2. The highest BCUT2D eigenvalue weighted by Crippen LogP contribution is 2.22. The normalized spacial score (nSPS) is 11.4. The maximum Gasteiger partial charge on any atom is 0.138 e. The van der Waals surface area contributed by atoms with E-state index in [1.165, 1.54) is 5.56 Å². The molecule has 2 aromatic rings. The van der Waals surface area contributed by atoms with E-state index in [4.69, 9.17) is 0 Å². The van der Waals surface area contributed by atoms with E-state index in [0.717, 1.165) is 30.4 Å². The van der Waals surface area contributed by atoms with Gasteiger partial charge in [0.1, 0.15) is 17.5 Å². The monoisotopic (exact) mass is 290 g/mol. The lowest BCUT2D eigenvalue weighted by molar-refractivity contribution is 0.546. The summed E-state index contributed by atoms with van der Waals surface area (Å²) in [6.07, 6.45) is 1.01. The fraction of sp³-hybridized carbons (Fsp3) is 0.467. The van der Waals surface area contributed by atoms with Crippen LogP contribution in [0.1, 0.15) is 32.2 Å². The van der Waals surface area contributed by atoms with E-state index < -0.39 is 0 Å². The molecule has 0 saturated heterocycles. The van der Waals surface area contributed by atoms with Gasteiger partial charge in [0.25, 0.3) is 0 Å². The van der Waals surface area contributed by atoms with Gasteiger partial charge in [-0.1, -0.05) is 20.8 Å². The molecule has 108 valence electrons. The Morgan fingerprint density at radius 1 is 1.20 bits per heavy atom. The van der Waals surface area contributed by atoms with Crippen LogP contribution in [-0.4, -0.2) is 23.6 Å². The van der Waals surface area contributed by atoms with Crippen molar-refractivity contribution in [3.05, 3.63) is 34.3 Å². The molecule has 0 saturated carbocycles. The molecule has 0 spiro atoms. The van der Waals surface area contributed by atoms with Crippen molar-refractivity contribution in [2.24, 2.45) is 0 Å². The summed E-state index contributed by atoms with van der Waals surface area (Å²) in [5.41, 5.74) is 1.30. The highest BCUT2D eigenvalue weighted by atomic mass is 32.1. The summed E-state index contributed by atoms with van der Waals surface area (Å²) >= 11 is 1.73. The van der Waals surface area contributed by atoms with Crippen LogP contribution < -0.4 is 10.6 Å². The second-order valence-electron chi connectivity index (χ2n) is 5.77. The van der Waals surface area contributed by atoms with E-state index in [0.29, 0.717) is 0 Å². The SMILES string of the molecule is CNc1cc(NCCc2ccsc2)nc(C(C)(C)C)n1. The van der Waals surface area contributed by atoms with Crippen molar-refractivity contribution in [2.75, 3.05) is 24.2 Å². The minimum atomic E-state index is -0.0589. The molecule has 0 aromatic carbocycles. The van der Waals surface area contributed by atoms with Gasteiger partial charge in [-0.25, -0.2) is 9.97 Å². The van der Waals surface area contributed by atoms with Crippen LogP contribution in [0.3, 0.4) is 0 Å². The molecule has 2 N–H and O–H groups in total. The summed E-state index contributed by atoms with van der Waals surface area (Å²) in [5, 5.41) is 10.8. The summed E-state index contributed by atoms with van der Waals surface area (Å²) in [4.78, 5) is 9.13. The first-order valence-corrected chi connectivity index (χ1v) is 7.75. The lowest BCUT2D eigenvalue weighted by atomic mass is 9.96. The Hall–Kier alpha value is -1.62. The summed E-state index contributed by atoms with van der Waals surface area (Å²) in [6.45, 7) is 7.24. The number of anilines is 2. The third-order valence-corrected chi connectivity index (χ3v) is 3.69. The number of hydrogen-bond acceptors (Lipinski definition) is 5. The Balaban J connectivity index is 2.06. The second kappa shape index (κ2) is 6.22. The van der Waals surface area contributed by atoms with E-state index in [2.05, 4.69) is 58.2 Å². The summed E-state index contributed by atoms with van der Waals surface area (Å²) in [6, 6.07) is 4.11. The van der Waals surface area contributed by atoms with E-state index in [1.54, 1.807) is 11.3 Å². The van der Waals surface area contributed by atoms with E-state index in [1.807, 2.05) is 13.1 Å². The third kappa shape index (κ3) is 3.93. The maximum atomic E-state index is 4.61. The van der Waals surface area contributed by atoms with Gasteiger partial charge in [0, 0.05) is 25.1 Å². The minimum absolute atomic E-state index is 0.0589. The molecule has 4 nitrogen and oxygen atoms in total. The molecule has 20 heavy (non-hydrogen) atoms. The second-order valence-corrected chi connectivity index (χ2v) is 6.55. The fourth-order valence-corrected chi connectivity index (χ4v) is 2.47. The Kier molecular flexibility index (Phi) is 4.60. The molecule has 0 bridgehead atoms. The third-order valence-electron chi connectivity index (χ3n) is 2.95. The summed E-state index contributed by atoms with van der Waals surface area (Å²) in [5.74, 6) is 2.58. The first-order chi connectivity index (χ1) is 9.49. The number of hydrogen-bond donors (Lipinski definition) is 2. The largest absolute Gasteiger partial charge is 0.373 e. The molecule has 2 aromatic heterocycles. The number of thiophene rings is 1. The van der Waals surface area contributed by atoms with Crippen molar-refractivity contribution in [1.82, 2.24) is 9.97 Å². The van der Waals surface area contributed by atoms with Crippen LogP contribution in [0.5, 0.6) is 0 Å². The van der Waals surface area contributed by atoms with Crippen LogP contribution in [0, 0.1) is 0 Å². The Morgan fingerprint density at radius 3 is 2.55 bits per heavy atom. The lowest BCUT2D eigenvalue weighted by Crippen LogP contribution is -2.18. The Labute approximate surface area is 124 Å². The maximum absolute atomic E-state index is 4.61. The average molecular weight is 290 g/mol. The lowest BCUT2D eigenvalue weighted by Gasteiger charge is -2.18. The van der Waals surface area contributed by atoms with Gasteiger partial charge in [0.05, 0.1) is 0 Å².